The van der Waals surface area contributed by atoms with E-state index < -0.39 is 0 Å². The van der Waals surface area contributed by atoms with Crippen LogP contribution in [0.5, 0.6) is 0 Å². The molecule has 3 aromatic heterocycles. The Balaban J connectivity index is 1.07. The Hall–Kier alpha value is -7.36. The van der Waals surface area contributed by atoms with E-state index in [1.54, 1.807) is 0 Å². The molecule has 56 heavy (non-hydrogen) atoms. The van der Waals surface area contributed by atoms with Crippen molar-refractivity contribution in [2.24, 2.45) is 7.05 Å². The van der Waals surface area contributed by atoms with Gasteiger partial charge in [-0.1, -0.05) is 121 Å². The Bertz CT molecular complexity index is 3530. The molecule has 0 bridgehead atoms. The third-order valence-electron chi connectivity index (χ3n) is 12.0. The van der Waals surface area contributed by atoms with E-state index >= 15 is 0 Å². The Labute approximate surface area is 323 Å². The average molecular weight is 714 g/mol. The van der Waals surface area contributed by atoms with E-state index in [4.69, 9.17) is 0 Å². The maximum atomic E-state index is 2.41. The molecule has 0 saturated heterocycles. The summed E-state index contributed by atoms with van der Waals surface area (Å²) in [4.78, 5) is 0. The van der Waals surface area contributed by atoms with Gasteiger partial charge in [0, 0.05) is 61.6 Å². The summed E-state index contributed by atoms with van der Waals surface area (Å²) in [6, 6.07) is 71.3. The standard InChI is InChI=1S/C53H35N3/c1-54-48-27-22-35(30-45(48)44-26-20-34-12-8-9-17-41(34)53(44)54)36-23-28-50-46(31-36)47-32-37(24-29-51(47)55(50)39-13-4-2-5-14-39)38-21-25-43-42-18-10-11-19-49(42)56(52(43)33-38)40-15-6-3-7-16-40/h2-33H,1H3. The highest BCUT2D eigenvalue weighted by molar-refractivity contribution is 6.19. The minimum absolute atomic E-state index is 1.16. The zero-order valence-corrected chi connectivity index (χ0v) is 30.8. The molecule has 3 heterocycles. The van der Waals surface area contributed by atoms with Crippen molar-refractivity contribution in [2.75, 3.05) is 0 Å². The topological polar surface area (TPSA) is 14.8 Å². The molecule has 0 spiro atoms. The first-order valence-corrected chi connectivity index (χ1v) is 19.3. The highest BCUT2D eigenvalue weighted by atomic mass is 15.0. The summed E-state index contributed by atoms with van der Waals surface area (Å²) in [6.07, 6.45) is 0. The van der Waals surface area contributed by atoms with Gasteiger partial charge in [0.05, 0.1) is 27.6 Å². The maximum absolute atomic E-state index is 2.41. The predicted octanol–water partition coefficient (Wildman–Crippen LogP) is 14.0. The quantitative estimate of drug-likeness (QED) is 0.172. The van der Waals surface area contributed by atoms with Gasteiger partial charge < -0.3 is 13.7 Å². The lowest BCUT2D eigenvalue weighted by atomic mass is 9.98. The van der Waals surface area contributed by atoms with Gasteiger partial charge in [0.2, 0.25) is 0 Å². The lowest BCUT2D eigenvalue weighted by Crippen LogP contribution is -1.93. The summed E-state index contributed by atoms with van der Waals surface area (Å²) in [7, 11) is 2.19. The third-order valence-corrected chi connectivity index (χ3v) is 12.0. The van der Waals surface area contributed by atoms with Crippen molar-refractivity contribution in [1.29, 1.82) is 0 Å². The van der Waals surface area contributed by atoms with Crippen LogP contribution in [0.4, 0.5) is 0 Å². The molecule has 262 valence electrons. The molecule has 0 atom stereocenters. The summed E-state index contributed by atoms with van der Waals surface area (Å²) >= 11 is 0. The van der Waals surface area contributed by atoms with Crippen LogP contribution in [-0.4, -0.2) is 13.7 Å². The van der Waals surface area contributed by atoms with Crippen molar-refractivity contribution < 1.29 is 0 Å². The van der Waals surface area contributed by atoms with Crippen LogP contribution in [0.1, 0.15) is 0 Å². The molecule has 0 aliphatic heterocycles. The summed E-state index contributed by atoms with van der Waals surface area (Å²) in [6.45, 7) is 0. The van der Waals surface area contributed by atoms with Gasteiger partial charge in [-0.2, -0.15) is 0 Å². The van der Waals surface area contributed by atoms with Gasteiger partial charge >= 0.3 is 0 Å². The van der Waals surface area contributed by atoms with Gasteiger partial charge in [-0.25, -0.2) is 0 Å². The minimum atomic E-state index is 1.16. The molecule has 0 aliphatic carbocycles. The monoisotopic (exact) mass is 713 g/mol. The maximum Gasteiger partial charge on any atom is 0.0568 e. The summed E-state index contributed by atoms with van der Waals surface area (Å²) in [5.41, 5.74) is 14.5. The van der Waals surface area contributed by atoms with Crippen LogP contribution in [-0.2, 0) is 7.05 Å². The van der Waals surface area contributed by atoms with Crippen LogP contribution >= 0.6 is 0 Å². The second-order valence-corrected chi connectivity index (χ2v) is 15.0. The third kappa shape index (κ3) is 4.46. The summed E-state index contributed by atoms with van der Waals surface area (Å²) < 4.78 is 7.16. The van der Waals surface area contributed by atoms with E-state index in [-0.39, 0.29) is 0 Å². The number of nitrogens with zero attached hydrogens (tertiary/aromatic N) is 3. The number of aromatic nitrogens is 3. The number of fused-ring (bicyclic) bond motifs is 11. The predicted molar refractivity (Wildman–Crippen MR) is 237 cm³/mol. The molecule has 12 aromatic rings. The molecule has 0 N–H and O–H groups in total. The van der Waals surface area contributed by atoms with Crippen molar-refractivity contribution in [3.05, 3.63) is 194 Å². The number of aryl methyl sites for hydroxylation is 1. The fourth-order valence-corrected chi connectivity index (χ4v) is 9.42. The molecule has 0 fully saturated rings. The van der Waals surface area contributed by atoms with Gasteiger partial charge in [-0.15, -0.1) is 0 Å². The van der Waals surface area contributed by atoms with E-state index in [2.05, 4.69) is 215 Å². The zero-order chi connectivity index (χ0) is 36.9. The molecule has 0 unspecified atom stereocenters. The molecule has 0 amide bonds. The van der Waals surface area contributed by atoms with E-state index in [1.165, 1.54) is 104 Å². The second-order valence-electron chi connectivity index (χ2n) is 15.0. The molecule has 0 saturated carbocycles. The van der Waals surface area contributed by atoms with Gasteiger partial charge in [0.15, 0.2) is 0 Å². The highest BCUT2D eigenvalue weighted by Gasteiger charge is 2.18. The Morgan fingerprint density at radius 3 is 1.39 bits per heavy atom. The SMILES string of the molecule is Cn1c2ccc(-c3ccc4c(c3)c3cc(-c5ccc6c7ccccc7n(-c7ccccc7)c6c5)ccc3n4-c3ccccc3)cc2c2ccc3ccccc3c21. The summed E-state index contributed by atoms with van der Waals surface area (Å²) in [5, 5.41) is 10.1. The van der Waals surface area contributed by atoms with Crippen LogP contribution in [0, 0.1) is 0 Å². The van der Waals surface area contributed by atoms with Crippen molar-refractivity contribution in [3.63, 3.8) is 0 Å². The molecule has 3 heteroatoms. The van der Waals surface area contributed by atoms with Gasteiger partial charge in [0.25, 0.3) is 0 Å². The van der Waals surface area contributed by atoms with Crippen molar-refractivity contribution >= 4 is 76.2 Å². The lowest BCUT2D eigenvalue weighted by molar-refractivity contribution is 1.02. The molecule has 9 aromatic carbocycles. The van der Waals surface area contributed by atoms with Crippen LogP contribution in [0.2, 0.25) is 0 Å². The van der Waals surface area contributed by atoms with Crippen molar-refractivity contribution in [1.82, 2.24) is 13.7 Å². The average Bonchev–Trinajstić information content (AvgIpc) is 3.88. The number of para-hydroxylation sites is 3. The highest BCUT2D eigenvalue weighted by Crippen LogP contribution is 2.41. The van der Waals surface area contributed by atoms with E-state index in [0.29, 0.717) is 0 Å². The van der Waals surface area contributed by atoms with E-state index in [9.17, 15) is 0 Å². The van der Waals surface area contributed by atoms with Crippen LogP contribution in [0.15, 0.2) is 194 Å². The first-order valence-electron chi connectivity index (χ1n) is 19.3. The Morgan fingerprint density at radius 2 is 0.732 bits per heavy atom. The number of rotatable bonds is 4. The van der Waals surface area contributed by atoms with Crippen LogP contribution < -0.4 is 0 Å². The minimum Gasteiger partial charge on any atom is -0.343 e. The van der Waals surface area contributed by atoms with Gasteiger partial charge in [0.1, 0.15) is 0 Å². The molecule has 0 aliphatic rings. The van der Waals surface area contributed by atoms with Gasteiger partial charge in [-0.05, 0) is 100 Å². The van der Waals surface area contributed by atoms with Gasteiger partial charge in [-0.3, -0.25) is 0 Å². The molecule has 12 rings (SSSR count). The van der Waals surface area contributed by atoms with E-state index in [0.717, 1.165) is 5.69 Å². The smallest absolute Gasteiger partial charge is 0.0568 e. The fourth-order valence-electron chi connectivity index (χ4n) is 9.42. The van der Waals surface area contributed by atoms with Crippen LogP contribution in [0.3, 0.4) is 0 Å². The number of hydrogen-bond acceptors (Lipinski definition) is 0. The summed E-state index contributed by atoms with van der Waals surface area (Å²) in [5.74, 6) is 0. The normalized spacial score (nSPS) is 12.0. The second kappa shape index (κ2) is 11.8. The first kappa shape index (κ1) is 31.0. The van der Waals surface area contributed by atoms with E-state index in [1.807, 2.05) is 0 Å². The molecular formula is C53H35N3. The zero-order valence-electron chi connectivity index (χ0n) is 30.8. The molecular weight excluding hydrogens is 679 g/mol. The first-order chi connectivity index (χ1) is 27.7. The number of hydrogen-bond donors (Lipinski definition) is 0. The van der Waals surface area contributed by atoms with Crippen molar-refractivity contribution in [3.8, 4) is 33.6 Å². The fraction of sp³-hybridized carbons (Fsp3) is 0.0189. The van der Waals surface area contributed by atoms with Crippen molar-refractivity contribution in [2.45, 2.75) is 0 Å². The largest absolute Gasteiger partial charge is 0.343 e. The Kier molecular flexibility index (Phi) is 6.55. The lowest BCUT2D eigenvalue weighted by Gasteiger charge is -2.10. The molecule has 0 radical (unpaired) electrons. The van der Waals surface area contributed by atoms with Crippen LogP contribution in [0.25, 0.3) is 110 Å². The number of benzene rings is 9. The molecule has 3 nitrogen and oxygen atoms in total. The Morgan fingerprint density at radius 1 is 0.286 bits per heavy atom.